The molecule has 1 fully saturated rings. The Morgan fingerprint density at radius 2 is 1.67 bits per heavy atom. The minimum atomic E-state index is -0.359. The third-order valence-corrected chi connectivity index (χ3v) is 5.44. The summed E-state index contributed by atoms with van der Waals surface area (Å²) in [4.78, 5) is 14.2. The monoisotopic (exact) mass is 380 g/mol. The van der Waals surface area contributed by atoms with Crippen LogP contribution in [-0.2, 0) is 0 Å². The second kappa shape index (κ2) is 7.94. The van der Waals surface area contributed by atoms with Crippen LogP contribution in [0.15, 0.2) is 71.7 Å². The highest BCUT2D eigenvalue weighted by molar-refractivity contribution is 6.33. The molecule has 4 rings (SSSR count). The number of hydrogen-bond acceptors (Lipinski definition) is 4. The van der Waals surface area contributed by atoms with Crippen molar-refractivity contribution in [1.82, 2.24) is 15.5 Å². The molecule has 1 aliphatic rings. The predicted molar refractivity (Wildman–Crippen MR) is 109 cm³/mol. The second-order valence-electron chi connectivity index (χ2n) is 6.66. The van der Waals surface area contributed by atoms with Gasteiger partial charge in [-0.15, -0.1) is 0 Å². The number of hydrogen-bond donors (Lipinski definition) is 2. The van der Waals surface area contributed by atoms with Crippen LogP contribution in [0, 0.1) is 0 Å². The maximum Gasteiger partial charge on any atom is 0.285 e. The van der Waals surface area contributed by atoms with Crippen molar-refractivity contribution in [2.45, 2.75) is 12.0 Å². The number of piperazine rings is 1. The van der Waals surface area contributed by atoms with E-state index in [0.717, 1.165) is 19.6 Å². The number of halogens is 1. The fraction of sp³-hybridized carbons (Fsp3) is 0.238. The number of aromatic amines is 1. The van der Waals surface area contributed by atoms with Crippen LogP contribution in [0.25, 0.3) is 0 Å². The van der Waals surface area contributed by atoms with Gasteiger partial charge in [-0.1, -0.05) is 72.3 Å². The number of H-pyrrole nitrogens is 1. The van der Waals surface area contributed by atoms with Crippen molar-refractivity contribution >= 4 is 17.3 Å². The zero-order valence-electron chi connectivity index (χ0n) is 14.8. The van der Waals surface area contributed by atoms with E-state index < -0.39 is 0 Å². The van der Waals surface area contributed by atoms with Crippen molar-refractivity contribution in [3.8, 4) is 0 Å². The van der Waals surface area contributed by atoms with Crippen molar-refractivity contribution in [1.29, 1.82) is 0 Å². The van der Waals surface area contributed by atoms with E-state index in [4.69, 9.17) is 11.6 Å². The fourth-order valence-electron chi connectivity index (χ4n) is 3.85. The fourth-order valence-corrected chi connectivity index (χ4v) is 4.05. The lowest BCUT2D eigenvalue weighted by Crippen LogP contribution is -2.54. The lowest BCUT2D eigenvalue weighted by molar-refractivity contribution is 0.442. The van der Waals surface area contributed by atoms with Crippen molar-refractivity contribution in [3.63, 3.8) is 0 Å². The van der Waals surface area contributed by atoms with Gasteiger partial charge < -0.3 is 10.2 Å². The first-order valence-electron chi connectivity index (χ1n) is 9.06. The van der Waals surface area contributed by atoms with Crippen molar-refractivity contribution in [2.75, 3.05) is 24.5 Å². The van der Waals surface area contributed by atoms with Gasteiger partial charge in [-0.25, -0.2) is 5.10 Å². The van der Waals surface area contributed by atoms with Gasteiger partial charge >= 0.3 is 0 Å². The number of rotatable bonds is 4. The third-order valence-electron chi connectivity index (χ3n) is 5.07. The Morgan fingerprint density at radius 3 is 2.30 bits per heavy atom. The predicted octanol–water partition coefficient (Wildman–Crippen LogP) is 3.03. The van der Waals surface area contributed by atoms with E-state index in [1.807, 2.05) is 12.1 Å². The highest BCUT2D eigenvalue weighted by atomic mass is 35.5. The minimum Gasteiger partial charge on any atom is -0.362 e. The van der Waals surface area contributed by atoms with Crippen molar-refractivity contribution < 1.29 is 0 Å². The molecule has 1 atom stereocenters. The van der Waals surface area contributed by atoms with E-state index in [9.17, 15) is 4.79 Å². The van der Waals surface area contributed by atoms with Gasteiger partial charge in [-0.2, -0.15) is 5.10 Å². The third kappa shape index (κ3) is 3.61. The first-order chi connectivity index (χ1) is 13.3. The molecule has 1 saturated heterocycles. The molecule has 27 heavy (non-hydrogen) atoms. The molecule has 1 aliphatic heterocycles. The van der Waals surface area contributed by atoms with Crippen LogP contribution < -0.4 is 15.8 Å². The lowest BCUT2D eigenvalue weighted by atomic mass is 9.83. The summed E-state index contributed by atoms with van der Waals surface area (Å²) >= 11 is 6.34. The summed E-state index contributed by atoms with van der Waals surface area (Å²) in [7, 11) is 0. The molecule has 0 bridgehead atoms. The first-order valence-corrected chi connectivity index (χ1v) is 9.44. The van der Waals surface area contributed by atoms with E-state index in [1.165, 1.54) is 11.1 Å². The van der Waals surface area contributed by atoms with Gasteiger partial charge in [-0.05, 0) is 11.1 Å². The summed E-state index contributed by atoms with van der Waals surface area (Å²) in [5.74, 6) is 0.135. The minimum absolute atomic E-state index is 0.102. The Labute approximate surface area is 163 Å². The highest BCUT2D eigenvalue weighted by Gasteiger charge is 2.33. The summed E-state index contributed by atoms with van der Waals surface area (Å²) in [6.45, 7) is 2.37. The Hall–Kier alpha value is -2.63. The number of anilines is 1. The van der Waals surface area contributed by atoms with Crippen LogP contribution >= 0.6 is 11.6 Å². The van der Waals surface area contributed by atoms with Gasteiger partial charge in [0.05, 0.1) is 17.9 Å². The van der Waals surface area contributed by atoms with Crippen LogP contribution in [0.3, 0.4) is 0 Å². The zero-order chi connectivity index (χ0) is 18.6. The Balaban J connectivity index is 1.82. The highest BCUT2D eigenvalue weighted by Crippen LogP contribution is 2.35. The quantitative estimate of drug-likeness (QED) is 0.730. The molecule has 0 aliphatic carbocycles. The normalized spacial score (nSPS) is 17.3. The molecule has 138 valence electrons. The van der Waals surface area contributed by atoms with E-state index in [0.29, 0.717) is 5.69 Å². The van der Waals surface area contributed by atoms with Crippen LogP contribution in [0.1, 0.15) is 17.0 Å². The van der Waals surface area contributed by atoms with Crippen molar-refractivity contribution in [3.05, 3.63) is 93.4 Å². The Bertz CT molecular complexity index is 906. The summed E-state index contributed by atoms with van der Waals surface area (Å²) in [6.07, 6.45) is 1.65. The summed E-state index contributed by atoms with van der Waals surface area (Å²) in [5.41, 5.74) is 2.79. The van der Waals surface area contributed by atoms with E-state index in [-0.39, 0.29) is 22.5 Å². The molecular weight excluding hydrogens is 360 g/mol. The molecule has 0 amide bonds. The van der Waals surface area contributed by atoms with Crippen LogP contribution in [0.2, 0.25) is 5.02 Å². The van der Waals surface area contributed by atoms with Crippen molar-refractivity contribution in [2.24, 2.45) is 0 Å². The molecule has 0 radical (unpaired) electrons. The maximum absolute atomic E-state index is 12.0. The number of nitrogens with zero attached hydrogens (tertiary/aromatic N) is 2. The van der Waals surface area contributed by atoms with Crippen LogP contribution in [0.5, 0.6) is 0 Å². The van der Waals surface area contributed by atoms with E-state index >= 15 is 0 Å². The SMILES string of the molecule is O=c1[nH]ncc(N2CCNCC2C(c2ccccc2)c2ccccc2)c1Cl. The van der Waals surface area contributed by atoms with E-state index in [2.05, 4.69) is 68.9 Å². The van der Waals surface area contributed by atoms with Crippen LogP contribution in [0.4, 0.5) is 5.69 Å². The van der Waals surface area contributed by atoms with Gasteiger partial charge in [0.1, 0.15) is 5.02 Å². The average Bonchev–Trinajstić information content (AvgIpc) is 2.72. The van der Waals surface area contributed by atoms with Crippen LogP contribution in [-0.4, -0.2) is 35.9 Å². The smallest absolute Gasteiger partial charge is 0.285 e. The van der Waals surface area contributed by atoms with Gasteiger partial charge in [-0.3, -0.25) is 4.79 Å². The molecule has 2 heterocycles. The number of aromatic nitrogens is 2. The van der Waals surface area contributed by atoms with Gasteiger partial charge in [0.15, 0.2) is 0 Å². The molecule has 6 heteroatoms. The maximum atomic E-state index is 12.0. The summed E-state index contributed by atoms with van der Waals surface area (Å²) in [6, 6.07) is 21.0. The summed E-state index contributed by atoms with van der Waals surface area (Å²) < 4.78 is 0. The topological polar surface area (TPSA) is 61.0 Å². The second-order valence-corrected chi connectivity index (χ2v) is 7.04. The molecule has 2 N–H and O–H groups in total. The Kier molecular flexibility index (Phi) is 5.23. The van der Waals surface area contributed by atoms with E-state index in [1.54, 1.807) is 6.20 Å². The lowest BCUT2D eigenvalue weighted by Gasteiger charge is -2.42. The largest absolute Gasteiger partial charge is 0.362 e. The molecule has 2 aromatic carbocycles. The molecule has 1 aromatic heterocycles. The van der Waals surface area contributed by atoms with Gasteiger partial charge in [0, 0.05) is 25.6 Å². The molecule has 5 nitrogen and oxygen atoms in total. The standard InChI is InChI=1S/C21H21ClN4O/c22-20-18(14-24-25-21(20)27)26-12-11-23-13-17(26)19(15-7-3-1-4-8-15)16-9-5-2-6-10-16/h1-10,14,17,19,23H,11-13H2,(H,25,27). The number of benzene rings is 2. The first kappa shape index (κ1) is 17.8. The molecule has 0 spiro atoms. The molecule has 0 saturated carbocycles. The molecular formula is C21H21ClN4O. The Morgan fingerprint density at radius 1 is 1.04 bits per heavy atom. The zero-order valence-corrected chi connectivity index (χ0v) is 15.6. The van der Waals surface area contributed by atoms with Gasteiger partial charge in [0.25, 0.3) is 5.56 Å². The van der Waals surface area contributed by atoms with Gasteiger partial charge in [0.2, 0.25) is 0 Å². The number of nitrogens with one attached hydrogen (secondary N) is 2. The molecule has 3 aromatic rings. The average molecular weight is 381 g/mol. The summed E-state index contributed by atoms with van der Waals surface area (Å²) in [5, 5.41) is 10.1. The molecule has 1 unspecified atom stereocenters.